The summed E-state index contributed by atoms with van der Waals surface area (Å²) in [6, 6.07) is 17.8. The van der Waals surface area contributed by atoms with Crippen LogP contribution in [-0.2, 0) is 19.6 Å². The number of rotatable bonds is 10. The number of carboxylic acids is 1. The Hall–Kier alpha value is -4.31. The summed E-state index contributed by atoms with van der Waals surface area (Å²) < 4.78 is 40.2. The van der Waals surface area contributed by atoms with Crippen molar-refractivity contribution in [1.29, 1.82) is 0 Å². The number of nitrogens with zero attached hydrogens (tertiary/aromatic N) is 4. The monoisotopic (exact) mass is 602 g/mol. The van der Waals surface area contributed by atoms with Crippen LogP contribution in [0.5, 0.6) is 11.6 Å². The highest BCUT2D eigenvalue weighted by Crippen LogP contribution is 2.43. The molecule has 0 radical (unpaired) electrons. The number of hydrogen-bond donors (Lipinski definition) is 1. The number of aryl methyl sites for hydroxylation is 1. The van der Waals surface area contributed by atoms with Crippen molar-refractivity contribution in [2.24, 2.45) is 5.92 Å². The number of hydrogen-bond acceptors (Lipinski definition) is 6. The maximum Gasteiger partial charge on any atom is 0.342 e. The van der Waals surface area contributed by atoms with Crippen LogP contribution in [0.15, 0.2) is 60.8 Å². The SMILES string of the molecule is Cc1cccc(-c2cccc(-n3ncc(C(=O)O)c3OC(C)C)n2)c1OCc1ccc2c(c1)CCN(CC1CC(F)(F)C1)C2. The maximum absolute atomic E-state index is 13.3. The standard InChI is InChI=1S/C34H36F2N4O4/c1-21(2)44-32-28(33(41)42)17-37-40(32)30-9-5-8-29(38-30)27-7-4-6-22(3)31(27)43-20-23-10-11-26-19-39(13-12-25(26)14-23)18-24-15-34(35,36)16-24/h4-11,14,17,21,24H,12-13,15-16,18-20H2,1-3H3,(H,41,42). The molecule has 10 heteroatoms. The smallest absolute Gasteiger partial charge is 0.342 e. The number of pyridine rings is 1. The summed E-state index contributed by atoms with van der Waals surface area (Å²) in [5.74, 6) is -2.25. The molecule has 44 heavy (non-hydrogen) atoms. The second-order valence-corrected chi connectivity index (χ2v) is 12.1. The first-order valence-electron chi connectivity index (χ1n) is 15.0. The number of halogens is 2. The Morgan fingerprint density at radius 3 is 2.66 bits per heavy atom. The second-order valence-electron chi connectivity index (χ2n) is 12.1. The van der Waals surface area contributed by atoms with Gasteiger partial charge in [0.05, 0.1) is 18.0 Å². The van der Waals surface area contributed by atoms with Crippen LogP contribution in [0.1, 0.15) is 59.3 Å². The number of para-hydroxylation sites is 1. The summed E-state index contributed by atoms with van der Waals surface area (Å²) in [6.45, 7) is 8.40. The lowest BCUT2D eigenvalue weighted by Gasteiger charge is -2.39. The van der Waals surface area contributed by atoms with Crippen LogP contribution in [0, 0.1) is 12.8 Å². The van der Waals surface area contributed by atoms with Crippen LogP contribution in [0.25, 0.3) is 17.1 Å². The first-order chi connectivity index (χ1) is 21.1. The number of carboxylic acid groups (broad SMARTS) is 1. The van der Waals surface area contributed by atoms with Crippen molar-refractivity contribution in [3.8, 4) is 28.7 Å². The zero-order chi connectivity index (χ0) is 31.0. The summed E-state index contributed by atoms with van der Waals surface area (Å²) >= 11 is 0. The minimum Gasteiger partial charge on any atom is -0.488 e. The molecule has 6 rings (SSSR count). The molecule has 0 spiro atoms. The number of fused-ring (bicyclic) bond motifs is 1. The minimum atomic E-state index is -2.47. The third-order valence-electron chi connectivity index (χ3n) is 8.18. The molecule has 230 valence electrons. The lowest BCUT2D eigenvalue weighted by Crippen LogP contribution is -2.43. The third-order valence-corrected chi connectivity index (χ3v) is 8.18. The molecule has 0 bridgehead atoms. The number of aromatic carboxylic acids is 1. The molecular formula is C34H36F2N4O4. The van der Waals surface area contributed by atoms with Gasteiger partial charge < -0.3 is 14.6 Å². The molecule has 2 aliphatic rings. The van der Waals surface area contributed by atoms with Crippen molar-refractivity contribution in [3.05, 3.63) is 88.6 Å². The van der Waals surface area contributed by atoms with Gasteiger partial charge in [-0.2, -0.15) is 9.78 Å². The van der Waals surface area contributed by atoms with E-state index in [9.17, 15) is 18.7 Å². The Balaban J connectivity index is 1.19. The summed E-state index contributed by atoms with van der Waals surface area (Å²) in [5.41, 5.74) is 5.96. The molecule has 4 aromatic rings. The van der Waals surface area contributed by atoms with E-state index in [4.69, 9.17) is 14.5 Å². The largest absolute Gasteiger partial charge is 0.488 e. The Morgan fingerprint density at radius 2 is 1.91 bits per heavy atom. The molecule has 1 aliphatic heterocycles. The van der Waals surface area contributed by atoms with Crippen molar-refractivity contribution < 1.29 is 28.2 Å². The van der Waals surface area contributed by atoms with Crippen LogP contribution in [-0.4, -0.2) is 55.9 Å². The number of benzene rings is 2. The van der Waals surface area contributed by atoms with Gasteiger partial charge in [-0.1, -0.05) is 36.4 Å². The Kier molecular flexibility index (Phi) is 8.11. The van der Waals surface area contributed by atoms with Gasteiger partial charge in [-0.25, -0.2) is 18.6 Å². The number of alkyl halides is 2. The second kappa shape index (κ2) is 12.0. The normalized spacial score (nSPS) is 16.4. The van der Waals surface area contributed by atoms with Gasteiger partial charge in [0, 0.05) is 38.0 Å². The van der Waals surface area contributed by atoms with Crippen LogP contribution >= 0.6 is 0 Å². The quantitative estimate of drug-likeness (QED) is 0.216. The van der Waals surface area contributed by atoms with Gasteiger partial charge in [-0.15, -0.1) is 0 Å². The van der Waals surface area contributed by atoms with E-state index in [1.54, 1.807) is 6.07 Å². The van der Waals surface area contributed by atoms with Gasteiger partial charge in [0.1, 0.15) is 17.9 Å². The van der Waals surface area contributed by atoms with Crippen LogP contribution in [0.2, 0.25) is 0 Å². The van der Waals surface area contributed by atoms with Gasteiger partial charge in [-0.05, 0) is 73.6 Å². The van der Waals surface area contributed by atoms with Gasteiger partial charge in [-0.3, -0.25) is 4.90 Å². The number of aromatic nitrogens is 3. The van der Waals surface area contributed by atoms with Crippen molar-refractivity contribution >= 4 is 5.97 Å². The predicted molar refractivity (Wildman–Crippen MR) is 162 cm³/mol. The highest BCUT2D eigenvalue weighted by Gasteiger charge is 2.45. The molecule has 1 aliphatic carbocycles. The van der Waals surface area contributed by atoms with Crippen molar-refractivity contribution in [2.45, 2.75) is 65.2 Å². The minimum absolute atomic E-state index is 0.00974. The first kappa shape index (κ1) is 29.7. The molecule has 1 fully saturated rings. The fraction of sp³-hybridized carbons (Fsp3) is 0.382. The molecule has 0 amide bonds. The molecule has 0 saturated heterocycles. The first-order valence-corrected chi connectivity index (χ1v) is 15.0. The number of ether oxygens (including phenoxy) is 2. The van der Waals surface area contributed by atoms with Crippen LogP contribution in [0.3, 0.4) is 0 Å². The molecule has 3 heterocycles. The molecule has 0 unspecified atom stereocenters. The zero-order valence-corrected chi connectivity index (χ0v) is 25.1. The highest BCUT2D eigenvalue weighted by molar-refractivity contribution is 5.90. The number of carbonyl (C=O) groups is 1. The van der Waals surface area contributed by atoms with E-state index in [0.29, 0.717) is 23.9 Å². The summed E-state index contributed by atoms with van der Waals surface area (Å²) in [6.07, 6.45) is 1.92. The average molecular weight is 603 g/mol. The molecular weight excluding hydrogens is 566 g/mol. The third kappa shape index (κ3) is 6.31. The lowest BCUT2D eigenvalue weighted by atomic mass is 9.80. The van der Waals surface area contributed by atoms with Crippen molar-refractivity contribution in [1.82, 2.24) is 19.7 Å². The van der Waals surface area contributed by atoms with E-state index in [2.05, 4.69) is 28.2 Å². The predicted octanol–water partition coefficient (Wildman–Crippen LogP) is 6.71. The molecule has 2 aromatic heterocycles. The Morgan fingerprint density at radius 1 is 1.11 bits per heavy atom. The Labute approximate surface area is 255 Å². The topological polar surface area (TPSA) is 89.7 Å². The van der Waals surface area contributed by atoms with Crippen molar-refractivity contribution in [2.75, 3.05) is 13.1 Å². The lowest BCUT2D eigenvalue weighted by molar-refractivity contribution is -0.117. The van der Waals surface area contributed by atoms with E-state index in [1.807, 2.05) is 51.1 Å². The summed E-state index contributed by atoms with van der Waals surface area (Å²) in [5, 5.41) is 13.9. The van der Waals surface area contributed by atoms with Crippen LogP contribution < -0.4 is 9.47 Å². The van der Waals surface area contributed by atoms with Gasteiger partial charge in [0.2, 0.25) is 11.8 Å². The molecule has 1 N–H and O–H groups in total. The van der Waals surface area contributed by atoms with E-state index in [-0.39, 0.29) is 36.3 Å². The van der Waals surface area contributed by atoms with Gasteiger partial charge in [0.25, 0.3) is 0 Å². The van der Waals surface area contributed by atoms with E-state index in [0.717, 1.165) is 42.7 Å². The fourth-order valence-corrected chi connectivity index (χ4v) is 6.07. The molecule has 1 saturated carbocycles. The van der Waals surface area contributed by atoms with E-state index < -0.39 is 11.9 Å². The molecule has 8 nitrogen and oxygen atoms in total. The maximum atomic E-state index is 13.3. The average Bonchev–Trinajstić information content (AvgIpc) is 3.38. The molecule has 2 aromatic carbocycles. The van der Waals surface area contributed by atoms with Crippen molar-refractivity contribution in [3.63, 3.8) is 0 Å². The fourth-order valence-electron chi connectivity index (χ4n) is 6.07. The van der Waals surface area contributed by atoms with E-state index >= 15 is 0 Å². The highest BCUT2D eigenvalue weighted by atomic mass is 19.3. The van der Waals surface area contributed by atoms with Gasteiger partial charge >= 0.3 is 5.97 Å². The Bertz CT molecular complexity index is 1680. The van der Waals surface area contributed by atoms with Gasteiger partial charge in [0.15, 0.2) is 5.82 Å². The van der Waals surface area contributed by atoms with E-state index in [1.165, 1.54) is 22.0 Å². The molecule has 0 atom stereocenters. The zero-order valence-electron chi connectivity index (χ0n) is 25.1. The summed E-state index contributed by atoms with van der Waals surface area (Å²) in [7, 11) is 0. The summed E-state index contributed by atoms with van der Waals surface area (Å²) in [4.78, 5) is 18.9. The van der Waals surface area contributed by atoms with Crippen LogP contribution in [0.4, 0.5) is 8.78 Å².